The molecule has 1 aliphatic heterocycles. The quantitative estimate of drug-likeness (QED) is 0.113. The van der Waals surface area contributed by atoms with Crippen LogP contribution in [-0.2, 0) is 16.8 Å². The lowest BCUT2D eigenvalue weighted by atomic mass is 9.87. The third-order valence-corrected chi connectivity index (χ3v) is 8.75. The van der Waals surface area contributed by atoms with E-state index in [0.717, 1.165) is 11.1 Å². The first kappa shape index (κ1) is 33.5. The molecule has 252 valence electrons. The highest BCUT2D eigenvalue weighted by atomic mass is 35.5. The molecule has 0 unspecified atom stereocenters. The molecule has 0 spiro atoms. The third-order valence-electron chi connectivity index (χ3n) is 8.47. The molecule has 48 heavy (non-hydrogen) atoms. The summed E-state index contributed by atoms with van der Waals surface area (Å²) in [4.78, 5) is 19.4. The Kier molecular flexibility index (Phi) is 8.76. The van der Waals surface area contributed by atoms with Gasteiger partial charge in [0.1, 0.15) is 11.3 Å². The fourth-order valence-corrected chi connectivity index (χ4v) is 6.29. The number of rotatable bonds is 6. The van der Waals surface area contributed by atoms with Crippen LogP contribution in [0.4, 0.5) is 23.5 Å². The monoisotopic (exact) mass is 682 g/mol. The summed E-state index contributed by atoms with van der Waals surface area (Å²) in [5, 5.41) is 7.60. The van der Waals surface area contributed by atoms with Crippen molar-refractivity contribution in [2.75, 3.05) is 31.1 Å². The zero-order chi connectivity index (χ0) is 34.5. The maximum absolute atomic E-state index is 14.6. The number of benzene rings is 3. The molecule has 0 radical (unpaired) electrons. The lowest BCUT2D eigenvalue weighted by Gasteiger charge is -2.29. The van der Waals surface area contributed by atoms with E-state index in [9.17, 15) is 22.4 Å². The first-order chi connectivity index (χ1) is 22.6. The van der Waals surface area contributed by atoms with Crippen molar-refractivity contribution in [3.05, 3.63) is 87.8 Å². The number of ether oxygens (including phenoxy) is 1. The van der Waals surface area contributed by atoms with Crippen molar-refractivity contribution in [1.82, 2.24) is 24.6 Å². The Morgan fingerprint density at radius 1 is 1.00 bits per heavy atom. The standard InChI is InChI=1S/C35H35ClF4N6O2/c1-20-16-22(17-21(2)29(20)37)19-45-27-18-25(36)31(48-32(47)35(38,39)40)28(30(27)43-33(45)44-14-12-41-13-15-44)26-10-11-42-46(26)24-8-6-23(7-9-24)34(3,4)5/h6-11,16-18,41H,12-15,19H2,1-5H3. The first-order valence-corrected chi connectivity index (χ1v) is 15.9. The first-order valence-electron chi connectivity index (χ1n) is 15.5. The van der Waals surface area contributed by atoms with E-state index in [-0.39, 0.29) is 33.9 Å². The van der Waals surface area contributed by atoms with Gasteiger partial charge >= 0.3 is 12.1 Å². The van der Waals surface area contributed by atoms with Crippen molar-refractivity contribution in [3.63, 3.8) is 0 Å². The fraction of sp³-hybridized carbons (Fsp3) is 0.343. The van der Waals surface area contributed by atoms with E-state index < -0.39 is 17.9 Å². The molecule has 5 aromatic rings. The minimum absolute atomic E-state index is 0.0779. The summed E-state index contributed by atoms with van der Waals surface area (Å²) in [6, 6.07) is 14.2. The van der Waals surface area contributed by atoms with Gasteiger partial charge in [-0.05, 0) is 65.8 Å². The molecule has 0 aliphatic carbocycles. The van der Waals surface area contributed by atoms with Crippen LogP contribution in [0.3, 0.4) is 0 Å². The zero-order valence-corrected chi connectivity index (χ0v) is 27.9. The number of nitrogens with one attached hydrogen (secondary N) is 1. The van der Waals surface area contributed by atoms with Gasteiger partial charge in [-0.25, -0.2) is 18.9 Å². The van der Waals surface area contributed by atoms with Gasteiger partial charge in [0.2, 0.25) is 5.95 Å². The highest BCUT2D eigenvalue weighted by molar-refractivity contribution is 6.34. The number of fused-ring (bicyclic) bond motifs is 1. The van der Waals surface area contributed by atoms with Gasteiger partial charge in [-0.1, -0.05) is 56.6 Å². The van der Waals surface area contributed by atoms with Crippen LogP contribution in [-0.4, -0.2) is 57.7 Å². The van der Waals surface area contributed by atoms with E-state index in [0.29, 0.717) is 60.2 Å². The number of alkyl halides is 3. The lowest BCUT2D eigenvalue weighted by molar-refractivity contribution is -0.189. The second-order valence-electron chi connectivity index (χ2n) is 13.0. The van der Waals surface area contributed by atoms with Gasteiger partial charge in [0.25, 0.3) is 0 Å². The molecule has 13 heteroatoms. The molecule has 0 amide bonds. The number of anilines is 1. The highest BCUT2D eigenvalue weighted by Gasteiger charge is 2.42. The second-order valence-corrected chi connectivity index (χ2v) is 13.4. The van der Waals surface area contributed by atoms with E-state index >= 15 is 0 Å². The lowest BCUT2D eigenvalue weighted by Crippen LogP contribution is -2.44. The van der Waals surface area contributed by atoms with E-state index in [1.807, 2.05) is 28.8 Å². The predicted octanol–water partition coefficient (Wildman–Crippen LogP) is 7.52. The second kappa shape index (κ2) is 12.6. The van der Waals surface area contributed by atoms with E-state index in [1.54, 1.807) is 36.7 Å². The number of piperazine rings is 1. The number of aryl methyl sites for hydroxylation is 2. The number of nitrogens with zero attached hydrogens (tertiary/aromatic N) is 5. The Morgan fingerprint density at radius 3 is 2.25 bits per heavy atom. The maximum Gasteiger partial charge on any atom is 0.491 e. The van der Waals surface area contributed by atoms with E-state index in [1.165, 1.54) is 12.3 Å². The summed E-state index contributed by atoms with van der Waals surface area (Å²) in [5.41, 5.74) is 4.52. The smallest absolute Gasteiger partial charge is 0.417 e. The molecule has 6 rings (SSSR count). The van der Waals surface area contributed by atoms with Crippen LogP contribution in [0.25, 0.3) is 28.0 Å². The van der Waals surface area contributed by atoms with Gasteiger partial charge in [-0.2, -0.15) is 18.3 Å². The number of aromatic nitrogens is 4. The molecule has 1 saturated heterocycles. The van der Waals surface area contributed by atoms with Crippen LogP contribution in [0.15, 0.2) is 54.7 Å². The van der Waals surface area contributed by atoms with Crippen molar-refractivity contribution in [2.24, 2.45) is 0 Å². The summed E-state index contributed by atoms with van der Waals surface area (Å²) in [6.07, 6.45) is -3.77. The van der Waals surface area contributed by atoms with Crippen molar-refractivity contribution >= 4 is 34.6 Å². The summed E-state index contributed by atoms with van der Waals surface area (Å²) in [6.45, 7) is 12.5. The average Bonchev–Trinajstić information content (AvgIpc) is 3.65. The van der Waals surface area contributed by atoms with Crippen LogP contribution < -0.4 is 15.0 Å². The minimum atomic E-state index is -5.28. The molecular formula is C35H35ClF4N6O2. The van der Waals surface area contributed by atoms with Crippen molar-refractivity contribution in [3.8, 4) is 22.7 Å². The highest BCUT2D eigenvalue weighted by Crippen LogP contribution is 2.45. The molecule has 0 bridgehead atoms. The molecule has 3 aromatic carbocycles. The van der Waals surface area contributed by atoms with Crippen LogP contribution in [0.2, 0.25) is 5.02 Å². The molecule has 0 atom stereocenters. The number of hydrogen-bond donors (Lipinski definition) is 1. The van der Waals surface area contributed by atoms with Crippen LogP contribution in [0.1, 0.15) is 43.0 Å². The SMILES string of the molecule is Cc1cc(Cn2c(N3CCNCC3)nc3c(-c4ccnn4-c4ccc(C(C)(C)C)cc4)c(OC(=O)C(F)(F)F)c(Cl)cc32)cc(C)c1F. The fourth-order valence-electron chi connectivity index (χ4n) is 6.06. The number of carbonyl (C=O) groups excluding carboxylic acids is 1. The molecule has 8 nitrogen and oxygen atoms in total. The summed E-state index contributed by atoms with van der Waals surface area (Å²) in [7, 11) is 0. The van der Waals surface area contributed by atoms with Crippen molar-refractivity contribution in [2.45, 2.75) is 52.8 Å². The largest absolute Gasteiger partial charge is 0.491 e. The van der Waals surface area contributed by atoms with Gasteiger partial charge in [0.15, 0.2) is 5.75 Å². The number of esters is 1. The summed E-state index contributed by atoms with van der Waals surface area (Å²) in [5.74, 6) is -2.64. The molecule has 1 fully saturated rings. The Balaban J connectivity index is 1.62. The average molecular weight is 683 g/mol. The number of halogens is 5. The molecule has 1 N–H and O–H groups in total. The Morgan fingerprint density at radius 2 is 1.65 bits per heavy atom. The zero-order valence-electron chi connectivity index (χ0n) is 27.2. The number of imidazole rings is 1. The maximum atomic E-state index is 14.6. The van der Waals surface area contributed by atoms with E-state index in [2.05, 4.69) is 36.1 Å². The van der Waals surface area contributed by atoms with Crippen LogP contribution in [0, 0.1) is 19.7 Å². The van der Waals surface area contributed by atoms with Gasteiger partial charge in [0.05, 0.1) is 40.2 Å². The number of hydrogen-bond acceptors (Lipinski definition) is 6. The van der Waals surface area contributed by atoms with E-state index in [4.69, 9.17) is 21.3 Å². The summed E-state index contributed by atoms with van der Waals surface area (Å²) < 4.78 is 63.8. The molecular weight excluding hydrogens is 648 g/mol. The molecule has 0 saturated carbocycles. The van der Waals surface area contributed by atoms with Crippen LogP contribution >= 0.6 is 11.6 Å². The van der Waals surface area contributed by atoms with Crippen LogP contribution in [0.5, 0.6) is 5.75 Å². The molecule has 1 aliphatic rings. The van der Waals surface area contributed by atoms with Gasteiger partial charge < -0.3 is 19.5 Å². The Labute approximate surface area is 280 Å². The third kappa shape index (κ3) is 6.38. The number of carbonyl (C=O) groups is 1. The molecule has 3 heterocycles. The van der Waals surface area contributed by atoms with Gasteiger partial charge in [0, 0.05) is 26.2 Å². The van der Waals surface area contributed by atoms with Crippen molar-refractivity contribution < 1.29 is 27.1 Å². The normalized spacial score (nSPS) is 14.2. The van der Waals surface area contributed by atoms with Gasteiger partial charge in [-0.15, -0.1) is 0 Å². The van der Waals surface area contributed by atoms with Gasteiger partial charge in [-0.3, -0.25) is 0 Å². The Hall–Kier alpha value is -4.42. The Bertz CT molecular complexity index is 1980. The predicted molar refractivity (Wildman–Crippen MR) is 178 cm³/mol. The summed E-state index contributed by atoms with van der Waals surface area (Å²) >= 11 is 6.74. The van der Waals surface area contributed by atoms with Crippen molar-refractivity contribution in [1.29, 1.82) is 0 Å². The topological polar surface area (TPSA) is 77.2 Å². The molecule has 2 aromatic heterocycles. The minimum Gasteiger partial charge on any atom is -0.417 e.